The van der Waals surface area contributed by atoms with Gasteiger partial charge in [-0.2, -0.15) is 5.10 Å². The first kappa shape index (κ1) is 17.4. The summed E-state index contributed by atoms with van der Waals surface area (Å²) in [6, 6.07) is 4.05. The van der Waals surface area contributed by atoms with Crippen molar-refractivity contribution in [2.45, 2.75) is 52.6 Å². The van der Waals surface area contributed by atoms with Crippen LogP contribution in [0.3, 0.4) is 0 Å². The van der Waals surface area contributed by atoms with Gasteiger partial charge >= 0.3 is 0 Å². The molecule has 1 saturated heterocycles. The topological polar surface area (TPSA) is 75.9 Å². The zero-order valence-corrected chi connectivity index (χ0v) is 15.4. The molecule has 1 aliphatic rings. The Morgan fingerprint density at radius 1 is 1.36 bits per heavy atom. The molecule has 1 amide bonds. The summed E-state index contributed by atoms with van der Waals surface area (Å²) in [7, 11) is 0. The van der Waals surface area contributed by atoms with Crippen LogP contribution in [0.5, 0.6) is 0 Å². The first-order valence-corrected chi connectivity index (χ1v) is 8.86. The van der Waals surface area contributed by atoms with Crippen LogP contribution in [0.25, 0.3) is 0 Å². The number of hydrogen-bond donors (Lipinski definition) is 1. The number of nitrogens with zero attached hydrogens (tertiary/aromatic N) is 5. The molecule has 2 aromatic rings. The highest BCUT2D eigenvalue weighted by Crippen LogP contribution is 2.25. The van der Waals surface area contributed by atoms with Crippen LogP contribution in [-0.2, 0) is 0 Å². The second-order valence-electron chi connectivity index (χ2n) is 6.90. The van der Waals surface area contributed by atoms with Gasteiger partial charge in [-0.05, 0) is 52.7 Å². The Labute approximate surface area is 148 Å². The molecule has 25 heavy (non-hydrogen) atoms. The van der Waals surface area contributed by atoms with E-state index in [1.807, 2.05) is 49.4 Å². The van der Waals surface area contributed by atoms with Gasteiger partial charge in [0.15, 0.2) is 0 Å². The zero-order valence-electron chi connectivity index (χ0n) is 15.4. The smallest absolute Gasteiger partial charge is 0.257 e. The van der Waals surface area contributed by atoms with Gasteiger partial charge in [-0.25, -0.2) is 14.6 Å². The Kier molecular flexibility index (Phi) is 5.01. The Morgan fingerprint density at radius 3 is 2.84 bits per heavy atom. The van der Waals surface area contributed by atoms with Crippen molar-refractivity contribution in [1.29, 1.82) is 0 Å². The Morgan fingerprint density at radius 2 is 2.16 bits per heavy atom. The Bertz CT molecular complexity index is 754. The largest absolute Gasteiger partial charge is 0.367 e. The highest BCUT2D eigenvalue weighted by molar-refractivity contribution is 5.98. The summed E-state index contributed by atoms with van der Waals surface area (Å²) in [6.07, 6.45) is 3.68. The quantitative estimate of drug-likeness (QED) is 0.924. The molecule has 3 rings (SSSR count). The van der Waals surface area contributed by atoms with Crippen LogP contribution < -0.4 is 5.32 Å². The number of hydrogen-bond acceptors (Lipinski definition) is 5. The van der Waals surface area contributed by atoms with Gasteiger partial charge in [0.25, 0.3) is 5.91 Å². The van der Waals surface area contributed by atoms with Crippen molar-refractivity contribution >= 4 is 11.7 Å². The predicted octanol–water partition coefficient (Wildman–Crippen LogP) is 2.59. The maximum absolute atomic E-state index is 13.1. The van der Waals surface area contributed by atoms with E-state index in [0.29, 0.717) is 17.9 Å². The molecule has 1 aliphatic heterocycles. The SMILES string of the molecule is Cc1nc(C)n([C@@H]2CCCN(C(=O)c3cccnc3NC(C)C)C2)n1. The molecule has 0 saturated carbocycles. The van der Waals surface area contributed by atoms with Gasteiger partial charge in [0, 0.05) is 25.3 Å². The molecule has 1 atom stereocenters. The fraction of sp³-hybridized carbons (Fsp3) is 0.556. The fourth-order valence-electron chi connectivity index (χ4n) is 3.36. The summed E-state index contributed by atoms with van der Waals surface area (Å²) in [5.41, 5.74) is 0.628. The minimum Gasteiger partial charge on any atom is -0.367 e. The molecule has 0 aliphatic carbocycles. The maximum atomic E-state index is 13.1. The van der Waals surface area contributed by atoms with Crippen molar-refractivity contribution in [3.8, 4) is 0 Å². The lowest BCUT2D eigenvalue weighted by Gasteiger charge is -2.33. The third-order valence-electron chi connectivity index (χ3n) is 4.40. The second-order valence-corrected chi connectivity index (χ2v) is 6.90. The minimum atomic E-state index is 0.0236. The summed E-state index contributed by atoms with van der Waals surface area (Å²) in [4.78, 5) is 23.7. The number of rotatable bonds is 4. The highest BCUT2D eigenvalue weighted by atomic mass is 16.2. The molecule has 0 spiro atoms. The van der Waals surface area contributed by atoms with E-state index >= 15 is 0 Å². The van der Waals surface area contributed by atoms with Gasteiger partial charge in [0.2, 0.25) is 0 Å². The van der Waals surface area contributed by atoms with Gasteiger partial charge in [-0.1, -0.05) is 0 Å². The van der Waals surface area contributed by atoms with E-state index in [-0.39, 0.29) is 18.0 Å². The third-order valence-corrected chi connectivity index (χ3v) is 4.40. The summed E-state index contributed by atoms with van der Waals surface area (Å²) < 4.78 is 1.96. The second kappa shape index (κ2) is 7.21. The van der Waals surface area contributed by atoms with E-state index in [4.69, 9.17) is 0 Å². The molecular weight excluding hydrogens is 316 g/mol. The predicted molar refractivity (Wildman–Crippen MR) is 96.7 cm³/mol. The minimum absolute atomic E-state index is 0.0236. The van der Waals surface area contributed by atoms with E-state index < -0.39 is 0 Å². The fourth-order valence-corrected chi connectivity index (χ4v) is 3.36. The third kappa shape index (κ3) is 3.81. The van der Waals surface area contributed by atoms with Crippen LogP contribution in [0.1, 0.15) is 54.7 Å². The van der Waals surface area contributed by atoms with Crippen LogP contribution in [0.15, 0.2) is 18.3 Å². The van der Waals surface area contributed by atoms with Crippen LogP contribution in [-0.4, -0.2) is 49.7 Å². The van der Waals surface area contributed by atoms with Gasteiger partial charge in [0.05, 0.1) is 11.6 Å². The van der Waals surface area contributed by atoms with Crippen LogP contribution in [0, 0.1) is 13.8 Å². The van der Waals surface area contributed by atoms with Crippen LogP contribution >= 0.6 is 0 Å². The van der Waals surface area contributed by atoms with Gasteiger partial charge < -0.3 is 10.2 Å². The molecule has 0 radical (unpaired) electrons. The van der Waals surface area contributed by atoms with Crippen molar-refractivity contribution in [3.63, 3.8) is 0 Å². The number of likely N-dealkylation sites (tertiary alicyclic amines) is 1. The van der Waals surface area contributed by atoms with Gasteiger partial charge in [-0.15, -0.1) is 0 Å². The van der Waals surface area contributed by atoms with Crippen molar-refractivity contribution < 1.29 is 4.79 Å². The standard InChI is InChI=1S/C18H26N6O/c1-12(2)20-17-16(8-5-9-19-17)18(25)23-10-6-7-15(11-23)24-14(4)21-13(3)22-24/h5,8-9,12,15H,6-7,10-11H2,1-4H3,(H,19,20)/t15-/m1/s1. The zero-order chi connectivity index (χ0) is 18.0. The molecule has 2 aromatic heterocycles. The summed E-state index contributed by atoms with van der Waals surface area (Å²) in [5, 5.41) is 7.76. The monoisotopic (exact) mass is 342 g/mol. The number of pyridine rings is 1. The highest BCUT2D eigenvalue weighted by Gasteiger charge is 2.28. The molecular formula is C18H26N6O. The average molecular weight is 342 g/mol. The van der Waals surface area contributed by atoms with E-state index in [2.05, 4.69) is 20.4 Å². The first-order chi connectivity index (χ1) is 12.0. The van der Waals surface area contributed by atoms with E-state index in [1.165, 1.54) is 0 Å². The molecule has 0 unspecified atom stereocenters. The van der Waals surface area contributed by atoms with Crippen molar-refractivity contribution in [1.82, 2.24) is 24.6 Å². The molecule has 7 nitrogen and oxygen atoms in total. The normalized spacial score (nSPS) is 17.8. The van der Waals surface area contributed by atoms with E-state index in [0.717, 1.165) is 31.0 Å². The number of carbonyl (C=O) groups excluding carboxylic acids is 1. The molecule has 1 N–H and O–H groups in total. The van der Waals surface area contributed by atoms with Crippen LogP contribution in [0.2, 0.25) is 0 Å². The summed E-state index contributed by atoms with van der Waals surface area (Å²) in [6.45, 7) is 9.35. The molecule has 134 valence electrons. The lowest BCUT2D eigenvalue weighted by atomic mass is 10.0. The number of aromatic nitrogens is 4. The molecule has 7 heteroatoms. The van der Waals surface area contributed by atoms with Crippen molar-refractivity contribution in [3.05, 3.63) is 35.5 Å². The Balaban J connectivity index is 1.80. The number of carbonyl (C=O) groups is 1. The van der Waals surface area contributed by atoms with Gasteiger partial charge in [0.1, 0.15) is 17.5 Å². The number of nitrogens with one attached hydrogen (secondary N) is 1. The molecule has 0 aromatic carbocycles. The van der Waals surface area contributed by atoms with Gasteiger partial charge in [-0.3, -0.25) is 4.79 Å². The maximum Gasteiger partial charge on any atom is 0.257 e. The summed E-state index contributed by atoms with van der Waals surface area (Å²) >= 11 is 0. The Hall–Kier alpha value is -2.44. The van der Waals surface area contributed by atoms with Crippen LogP contribution in [0.4, 0.5) is 5.82 Å². The van der Waals surface area contributed by atoms with E-state index in [9.17, 15) is 4.79 Å². The molecule has 3 heterocycles. The summed E-state index contributed by atoms with van der Waals surface area (Å²) in [5.74, 6) is 2.35. The van der Waals surface area contributed by atoms with Crippen molar-refractivity contribution in [2.24, 2.45) is 0 Å². The molecule has 1 fully saturated rings. The first-order valence-electron chi connectivity index (χ1n) is 8.86. The number of anilines is 1. The lowest BCUT2D eigenvalue weighted by molar-refractivity contribution is 0.0672. The van der Waals surface area contributed by atoms with Crippen molar-refractivity contribution in [2.75, 3.05) is 18.4 Å². The molecule has 0 bridgehead atoms. The lowest BCUT2D eigenvalue weighted by Crippen LogP contribution is -2.41. The average Bonchev–Trinajstić information content (AvgIpc) is 2.93. The van der Waals surface area contributed by atoms with E-state index in [1.54, 1.807) is 6.20 Å². The number of amides is 1. The number of piperidine rings is 1. The number of aryl methyl sites for hydroxylation is 2.